The molecule has 0 unspecified atom stereocenters. The zero-order valence-corrected chi connectivity index (χ0v) is 12.0. The summed E-state index contributed by atoms with van der Waals surface area (Å²) >= 11 is 6.50. The van der Waals surface area contributed by atoms with E-state index in [4.69, 9.17) is 17.4 Å². The van der Waals surface area contributed by atoms with E-state index >= 15 is 0 Å². The van der Waals surface area contributed by atoms with E-state index in [9.17, 15) is 10.0 Å². The van der Waals surface area contributed by atoms with Crippen LogP contribution in [0.4, 0.5) is 5.69 Å². The molecule has 0 atom stereocenters. The van der Waals surface area contributed by atoms with Gasteiger partial charge < -0.3 is 10.4 Å². The van der Waals surface area contributed by atoms with Crippen LogP contribution in [0.25, 0.3) is 6.08 Å². The van der Waals surface area contributed by atoms with Gasteiger partial charge in [-0.3, -0.25) is 14.9 Å². The first-order valence-electron chi connectivity index (χ1n) is 6.09. The number of hydrogen-bond acceptors (Lipinski definition) is 6. The predicted octanol–water partition coefficient (Wildman–Crippen LogP) is 2.74. The fourth-order valence-corrected chi connectivity index (χ4v) is 3.41. The molecule has 1 amide bonds. The van der Waals surface area contributed by atoms with Gasteiger partial charge in [-0.15, -0.1) is 0 Å². The Morgan fingerprint density at radius 1 is 1.50 bits per heavy atom. The van der Waals surface area contributed by atoms with Crippen LogP contribution in [0, 0.1) is 5.21 Å². The van der Waals surface area contributed by atoms with Gasteiger partial charge in [0.05, 0.1) is 10.6 Å². The van der Waals surface area contributed by atoms with Gasteiger partial charge in [0.1, 0.15) is 4.32 Å². The van der Waals surface area contributed by atoms with Crippen molar-refractivity contribution in [3.05, 3.63) is 39.9 Å². The van der Waals surface area contributed by atoms with Gasteiger partial charge >= 0.3 is 0 Å². The van der Waals surface area contributed by atoms with Crippen molar-refractivity contribution in [3.63, 3.8) is 0 Å². The lowest BCUT2D eigenvalue weighted by Gasteiger charge is -2.21. The smallest absolute Gasteiger partial charge is 0.266 e. The predicted molar refractivity (Wildman–Crippen MR) is 82.1 cm³/mol. The Morgan fingerprint density at radius 3 is 2.90 bits per heavy atom. The maximum atomic E-state index is 12.2. The minimum absolute atomic E-state index is 0.0733. The van der Waals surface area contributed by atoms with E-state index < -0.39 is 0 Å². The molecule has 1 aromatic rings. The largest absolute Gasteiger partial charge is 0.733 e. The van der Waals surface area contributed by atoms with E-state index in [1.165, 1.54) is 23.9 Å². The maximum absolute atomic E-state index is 12.2. The van der Waals surface area contributed by atoms with Crippen LogP contribution in [0.5, 0.6) is 0 Å². The summed E-state index contributed by atoms with van der Waals surface area (Å²) in [6.07, 6.45) is 3.70. The molecule has 1 aromatic carbocycles. The van der Waals surface area contributed by atoms with Gasteiger partial charge in [0, 0.05) is 6.04 Å². The fourth-order valence-electron chi connectivity index (χ4n) is 2.01. The zero-order valence-electron chi connectivity index (χ0n) is 10.4. The number of thiocarbonyl (C=S) groups is 1. The third-order valence-electron chi connectivity index (χ3n) is 3.12. The number of nitrogens with zero attached hydrogens (tertiary/aromatic N) is 2. The Kier molecular flexibility index (Phi) is 3.51. The van der Waals surface area contributed by atoms with Gasteiger partial charge in [0.15, 0.2) is 0 Å². The Labute approximate surface area is 125 Å². The van der Waals surface area contributed by atoms with E-state index in [2.05, 4.69) is 0 Å². The topological polar surface area (TPSA) is 66.8 Å². The molecule has 1 saturated heterocycles. The van der Waals surface area contributed by atoms with Crippen LogP contribution < -0.4 is 5.23 Å². The summed E-state index contributed by atoms with van der Waals surface area (Å²) in [6, 6.07) is 6.66. The summed E-state index contributed by atoms with van der Waals surface area (Å²) in [5, 5.41) is 19.5. The molecule has 0 bridgehead atoms. The Bertz CT molecular complexity index is 611. The van der Waals surface area contributed by atoms with Crippen LogP contribution in [-0.2, 0) is 4.79 Å². The highest BCUT2D eigenvalue weighted by Crippen LogP contribution is 2.40. The lowest BCUT2D eigenvalue weighted by molar-refractivity contribution is -0.122. The zero-order chi connectivity index (χ0) is 14.3. The van der Waals surface area contributed by atoms with Gasteiger partial charge in [-0.2, -0.15) is 0 Å². The molecule has 1 N–H and O–H groups in total. The van der Waals surface area contributed by atoms with Crippen molar-refractivity contribution in [2.24, 2.45) is 0 Å². The quantitative estimate of drug-likeness (QED) is 0.526. The number of hydrogen-bond donors (Lipinski definition) is 1. The molecule has 1 aliphatic carbocycles. The van der Waals surface area contributed by atoms with Crippen LogP contribution in [0.2, 0.25) is 0 Å². The number of amides is 1. The van der Waals surface area contributed by atoms with Crippen LogP contribution in [0.1, 0.15) is 18.4 Å². The van der Waals surface area contributed by atoms with Crippen molar-refractivity contribution in [3.8, 4) is 0 Å². The van der Waals surface area contributed by atoms with Crippen molar-refractivity contribution in [1.29, 1.82) is 0 Å². The fraction of sp³-hybridized carbons (Fsp3) is 0.231. The van der Waals surface area contributed by atoms with E-state index in [0.29, 0.717) is 14.8 Å². The number of thioether (sulfide) groups is 1. The monoisotopic (exact) mass is 307 g/mol. The second-order valence-electron chi connectivity index (χ2n) is 4.65. The standard InChI is InChI=1S/C13H11N2O3S2/c16-12-11(20-13(19)14(12)9-4-5-9)7-8-2-1-3-10(6-8)15(17)18/h1-3,6-7,9,17H,4-5H2/q-1/b11-7-. The van der Waals surface area contributed by atoms with Gasteiger partial charge in [-0.1, -0.05) is 36.1 Å². The number of anilines is 1. The average molecular weight is 307 g/mol. The maximum Gasteiger partial charge on any atom is 0.266 e. The molecule has 0 spiro atoms. The van der Waals surface area contributed by atoms with Crippen LogP contribution in [0.15, 0.2) is 29.2 Å². The molecule has 1 heterocycles. The van der Waals surface area contributed by atoms with Crippen molar-refractivity contribution < 1.29 is 10.0 Å². The second kappa shape index (κ2) is 5.17. The van der Waals surface area contributed by atoms with Crippen molar-refractivity contribution >= 4 is 46.0 Å². The highest BCUT2D eigenvalue weighted by molar-refractivity contribution is 8.26. The van der Waals surface area contributed by atoms with Crippen molar-refractivity contribution in [1.82, 2.24) is 4.90 Å². The van der Waals surface area contributed by atoms with Gasteiger partial charge in [0.2, 0.25) is 0 Å². The van der Waals surface area contributed by atoms with Crippen LogP contribution in [-0.4, -0.2) is 26.4 Å². The van der Waals surface area contributed by atoms with Gasteiger partial charge in [0.25, 0.3) is 5.91 Å². The number of carbonyl (C=O) groups is 1. The molecule has 104 valence electrons. The SMILES string of the molecule is O=C1/C(=C/c2cccc(N([O-])O)c2)SC(=S)N1C1CC1. The van der Waals surface area contributed by atoms with E-state index in [1.807, 2.05) is 0 Å². The Morgan fingerprint density at radius 2 is 2.25 bits per heavy atom. The number of carbonyl (C=O) groups excluding carboxylic acids is 1. The van der Waals surface area contributed by atoms with Crippen LogP contribution >= 0.6 is 24.0 Å². The molecular weight excluding hydrogens is 296 g/mol. The number of benzene rings is 1. The van der Waals surface area contributed by atoms with Crippen molar-refractivity contribution in [2.75, 3.05) is 5.23 Å². The molecule has 0 radical (unpaired) electrons. The Hall–Kier alpha value is -1.41. The molecule has 7 heteroatoms. The second-order valence-corrected chi connectivity index (χ2v) is 6.33. The summed E-state index contributed by atoms with van der Waals surface area (Å²) in [7, 11) is 0. The lowest BCUT2D eigenvalue weighted by Crippen LogP contribution is -2.30. The molecule has 5 nitrogen and oxygen atoms in total. The molecule has 0 aromatic heterocycles. The molecule has 3 rings (SSSR count). The normalized spacial score (nSPS) is 20.9. The first-order valence-corrected chi connectivity index (χ1v) is 7.32. The third kappa shape index (κ3) is 2.57. The number of rotatable bonds is 3. The first-order chi connectivity index (χ1) is 9.56. The minimum Gasteiger partial charge on any atom is -0.733 e. The highest BCUT2D eigenvalue weighted by atomic mass is 32.2. The average Bonchev–Trinajstić information content (AvgIpc) is 3.19. The molecule has 1 saturated carbocycles. The highest BCUT2D eigenvalue weighted by Gasteiger charge is 2.41. The Balaban J connectivity index is 1.87. The minimum atomic E-state index is -0.202. The summed E-state index contributed by atoms with van der Waals surface area (Å²) in [5.41, 5.74) is 0.796. The van der Waals surface area contributed by atoms with Gasteiger partial charge in [-0.05, 0) is 36.6 Å². The third-order valence-corrected chi connectivity index (χ3v) is 4.45. The first kappa shape index (κ1) is 13.6. The van der Waals surface area contributed by atoms with E-state index in [1.54, 1.807) is 23.1 Å². The van der Waals surface area contributed by atoms with Gasteiger partial charge in [-0.25, -0.2) is 0 Å². The van der Waals surface area contributed by atoms with E-state index in [0.717, 1.165) is 12.8 Å². The summed E-state index contributed by atoms with van der Waals surface area (Å²) in [4.78, 5) is 14.5. The van der Waals surface area contributed by atoms with Crippen LogP contribution in [0.3, 0.4) is 0 Å². The molecule has 20 heavy (non-hydrogen) atoms. The summed E-state index contributed by atoms with van der Waals surface area (Å²) in [6.45, 7) is 0. The molecule has 1 aliphatic heterocycles. The van der Waals surface area contributed by atoms with Crippen molar-refractivity contribution in [2.45, 2.75) is 18.9 Å². The molecule has 2 fully saturated rings. The lowest BCUT2D eigenvalue weighted by atomic mass is 10.2. The molecule has 2 aliphatic rings. The summed E-state index contributed by atoms with van der Waals surface area (Å²) < 4.78 is 0.590. The molecular formula is C13H11N2O3S2-. The van der Waals surface area contributed by atoms with E-state index in [-0.39, 0.29) is 22.9 Å². The summed E-state index contributed by atoms with van der Waals surface area (Å²) in [5.74, 6) is -0.0733.